The molecule has 0 bridgehead atoms. The van der Waals surface area contributed by atoms with Gasteiger partial charge in [-0.05, 0) is 58.8 Å². The highest BCUT2D eigenvalue weighted by Gasteiger charge is 2.09. The predicted molar refractivity (Wildman–Crippen MR) is 121 cm³/mol. The molecule has 0 aromatic heterocycles. The zero-order valence-corrected chi connectivity index (χ0v) is 17.0. The number of hydrazone groups is 1. The fourth-order valence-electron chi connectivity index (χ4n) is 3.19. The minimum absolute atomic E-state index is 0.304. The lowest BCUT2D eigenvalue weighted by Gasteiger charge is -2.12. The Bertz CT molecular complexity index is 1320. The molecule has 0 aliphatic rings. The molecule has 0 unspecified atom stereocenters. The van der Waals surface area contributed by atoms with E-state index in [2.05, 4.69) is 16.6 Å². The van der Waals surface area contributed by atoms with Crippen LogP contribution >= 0.6 is 0 Å². The second-order valence-electron chi connectivity index (χ2n) is 7.00. The number of fused-ring (bicyclic) bond motifs is 1. The van der Waals surface area contributed by atoms with Gasteiger partial charge in [-0.25, -0.2) is 9.82 Å². The van der Waals surface area contributed by atoms with Gasteiger partial charge in [0.1, 0.15) is 18.2 Å². The van der Waals surface area contributed by atoms with E-state index in [1.807, 2.05) is 48.5 Å². The maximum atomic E-state index is 13.1. The van der Waals surface area contributed by atoms with E-state index in [1.54, 1.807) is 12.1 Å². The van der Waals surface area contributed by atoms with E-state index in [0.29, 0.717) is 23.5 Å². The van der Waals surface area contributed by atoms with Gasteiger partial charge >= 0.3 is 0 Å². The van der Waals surface area contributed by atoms with E-state index in [0.717, 1.165) is 21.9 Å². The molecular formula is C26H18FN3O2. The van der Waals surface area contributed by atoms with Gasteiger partial charge in [0.15, 0.2) is 0 Å². The third kappa shape index (κ3) is 4.79. The van der Waals surface area contributed by atoms with Crippen LogP contribution in [0.5, 0.6) is 5.75 Å². The molecule has 5 nitrogen and oxygen atoms in total. The van der Waals surface area contributed by atoms with Crippen molar-refractivity contribution >= 4 is 22.9 Å². The van der Waals surface area contributed by atoms with E-state index in [9.17, 15) is 9.18 Å². The molecule has 0 spiro atoms. The van der Waals surface area contributed by atoms with Crippen LogP contribution in [-0.4, -0.2) is 12.1 Å². The Kier molecular flexibility index (Phi) is 6.19. The predicted octanol–water partition coefficient (Wildman–Crippen LogP) is 5.19. The minimum atomic E-state index is -0.443. The Morgan fingerprint density at radius 2 is 1.75 bits per heavy atom. The third-order valence-corrected chi connectivity index (χ3v) is 4.87. The first kappa shape index (κ1) is 20.8. The van der Waals surface area contributed by atoms with Gasteiger partial charge in [-0.2, -0.15) is 10.4 Å². The summed E-state index contributed by atoms with van der Waals surface area (Å²) in [7, 11) is 0. The number of nitrogens with zero attached hydrogens (tertiary/aromatic N) is 2. The summed E-state index contributed by atoms with van der Waals surface area (Å²) in [6, 6.07) is 26.1. The average molecular weight is 423 g/mol. The van der Waals surface area contributed by atoms with Gasteiger partial charge < -0.3 is 4.74 Å². The average Bonchev–Trinajstić information content (AvgIpc) is 2.84. The van der Waals surface area contributed by atoms with E-state index in [4.69, 9.17) is 10.00 Å². The largest absolute Gasteiger partial charge is 0.488 e. The number of ether oxygens (including phenoxy) is 1. The van der Waals surface area contributed by atoms with Crippen LogP contribution in [0.2, 0.25) is 0 Å². The van der Waals surface area contributed by atoms with Gasteiger partial charge in [0, 0.05) is 11.1 Å². The molecule has 1 amide bonds. The van der Waals surface area contributed by atoms with Crippen molar-refractivity contribution in [2.45, 2.75) is 6.61 Å². The highest BCUT2D eigenvalue weighted by atomic mass is 19.1. The van der Waals surface area contributed by atoms with Gasteiger partial charge in [-0.3, -0.25) is 4.79 Å². The summed E-state index contributed by atoms with van der Waals surface area (Å²) >= 11 is 0. The fraction of sp³-hybridized carbons (Fsp3) is 0.0385. The van der Waals surface area contributed by atoms with Crippen molar-refractivity contribution in [3.05, 3.63) is 113 Å². The SMILES string of the molecule is N#Cc1ccc(COc2ccc3ccccc3c2/C=N\NC(=O)c2ccc(F)cc2)cc1. The maximum Gasteiger partial charge on any atom is 0.271 e. The van der Waals surface area contributed by atoms with Crippen LogP contribution in [0.1, 0.15) is 27.0 Å². The Morgan fingerprint density at radius 1 is 1.00 bits per heavy atom. The van der Waals surface area contributed by atoms with Crippen LogP contribution in [-0.2, 0) is 6.61 Å². The van der Waals surface area contributed by atoms with Gasteiger partial charge in [-0.1, -0.05) is 42.5 Å². The molecule has 0 aliphatic carbocycles. The smallest absolute Gasteiger partial charge is 0.271 e. The van der Waals surface area contributed by atoms with Gasteiger partial charge in [-0.15, -0.1) is 0 Å². The topological polar surface area (TPSA) is 74.5 Å². The molecule has 4 aromatic rings. The Hall–Kier alpha value is -4.50. The van der Waals surface area contributed by atoms with Crippen molar-refractivity contribution in [3.8, 4) is 11.8 Å². The van der Waals surface area contributed by atoms with Crippen molar-refractivity contribution in [3.63, 3.8) is 0 Å². The molecule has 0 heterocycles. The van der Waals surface area contributed by atoms with Crippen LogP contribution in [0.25, 0.3) is 10.8 Å². The number of hydrogen-bond acceptors (Lipinski definition) is 4. The van der Waals surface area contributed by atoms with Gasteiger partial charge in [0.2, 0.25) is 0 Å². The summed E-state index contributed by atoms with van der Waals surface area (Å²) in [5, 5.41) is 15.0. The van der Waals surface area contributed by atoms with Gasteiger partial charge in [0.25, 0.3) is 5.91 Å². The van der Waals surface area contributed by atoms with E-state index in [1.165, 1.54) is 30.5 Å². The molecule has 0 radical (unpaired) electrons. The lowest BCUT2D eigenvalue weighted by molar-refractivity contribution is 0.0955. The van der Waals surface area contributed by atoms with Crippen molar-refractivity contribution in [1.82, 2.24) is 5.43 Å². The molecule has 0 aliphatic heterocycles. The molecule has 4 rings (SSSR count). The molecule has 6 heteroatoms. The normalized spacial score (nSPS) is 10.8. The summed E-state index contributed by atoms with van der Waals surface area (Å²) in [6.07, 6.45) is 1.54. The second-order valence-corrected chi connectivity index (χ2v) is 7.00. The molecule has 0 atom stereocenters. The number of carbonyl (C=O) groups excluding carboxylic acids is 1. The van der Waals surface area contributed by atoms with Crippen LogP contribution < -0.4 is 10.2 Å². The van der Waals surface area contributed by atoms with Crippen LogP contribution in [0.4, 0.5) is 4.39 Å². The molecular weight excluding hydrogens is 405 g/mol. The monoisotopic (exact) mass is 423 g/mol. The highest BCUT2D eigenvalue weighted by Crippen LogP contribution is 2.27. The third-order valence-electron chi connectivity index (χ3n) is 4.87. The maximum absolute atomic E-state index is 13.1. The van der Waals surface area contributed by atoms with E-state index in [-0.39, 0.29) is 0 Å². The summed E-state index contributed by atoms with van der Waals surface area (Å²) in [5.74, 6) is -0.251. The zero-order valence-electron chi connectivity index (χ0n) is 17.0. The lowest BCUT2D eigenvalue weighted by Crippen LogP contribution is -2.17. The van der Waals surface area contributed by atoms with Crippen molar-refractivity contribution in [1.29, 1.82) is 5.26 Å². The summed E-state index contributed by atoms with van der Waals surface area (Å²) < 4.78 is 19.1. The molecule has 0 saturated carbocycles. The highest BCUT2D eigenvalue weighted by molar-refractivity contribution is 6.03. The van der Waals surface area contributed by atoms with E-state index < -0.39 is 11.7 Å². The number of halogens is 1. The molecule has 4 aromatic carbocycles. The number of rotatable bonds is 6. The van der Waals surface area contributed by atoms with Crippen molar-refractivity contribution in [2.75, 3.05) is 0 Å². The first-order valence-corrected chi connectivity index (χ1v) is 9.86. The van der Waals surface area contributed by atoms with E-state index >= 15 is 0 Å². The summed E-state index contributed by atoms with van der Waals surface area (Å²) in [4.78, 5) is 12.3. The van der Waals surface area contributed by atoms with Gasteiger partial charge in [0.05, 0.1) is 17.8 Å². The first-order valence-electron chi connectivity index (χ1n) is 9.86. The first-order chi connectivity index (χ1) is 15.6. The molecule has 1 N–H and O–H groups in total. The minimum Gasteiger partial charge on any atom is -0.488 e. The number of benzene rings is 4. The number of carbonyl (C=O) groups is 1. The number of hydrogen-bond donors (Lipinski definition) is 1. The van der Waals surface area contributed by atoms with Crippen molar-refractivity contribution in [2.24, 2.45) is 5.10 Å². The fourth-order valence-corrected chi connectivity index (χ4v) is 3.19. The molecule has 32 heavy (non-hydrogen) atoms. The lowest BCUT2D eigenvalue weighted by atomic mass is 10.0. The Balaban J connectivity index is 1.56. The molecule has 156 valence electrons. The summed E-state index contributed by atoms with van der Waals surface area (Å²) in [5.41, 5.74) is 5.00. The number of nitriles is 1. The van der Waals surface area contributed by atoms with Crippen LogP contribution in [0.15, 0.2) is 90.0 Å². The molecule has 0 saturated heterocycles. The summed E-state index contributed by atoms with van der Waals surface area (Å²) in [6.45, 7) is 0.312. The second kappa shape index (κ2) is 9.54. The number of nitrogens with one attached hydrogen (secondary N) is 1. The van der Waals surface area contributed by atoms with Crippen LogP contribution in [0, 0.1) is 17.1 Å². The zero-order chi connectivity index (χ0) is 22.3. The van der Waals surface area contributed by atoms with Crippen molar-refractivity contribution < 1.29 is 13.9 Å². The Morgan fingerprint density at radius 3 is 2.50 bits per heavy atom. The quantitative estimate of drug-likeness (QED) is 0.342. The Labute approximate surface area is 184 Å². The standard InChI is InChI=1S/C26H18FN3O2/c27-22-12-9-21(10-13-22)26(31)30-29-16-24-23-4-2-1-3-20(23)11-14-25(24)32-17-19-7-5-18(15-28)6-8-19/h1-14,16H,17H2,(H,30,31)/b29-16-. The number of amides is 1. The van der Waals surface area contributed by atoms with Crippen LogP contribution in [0.3, 0.4) is 0 Å². The molecule has 0 fully saturated rings.